The Kier molecular flexibility index (Phi) is 6.27. The number of alkyl halides is 1. The van der Waals surface area contributed by atoms with Crippen LogP contribution in [-0.4, -0.2) is 5.38 Å². The Morgan fingerprint density at radius 3 is 2.45 bits per heavy atom. The third-order valence-corrected chi connectivity index (χ3v) is 11.4. The fraction of sp³-hybridized carbons (Fsp3) is 0.929. The normalized spacial score (nSPS) is 46.5. The van der Waals surface area contributed by atoms with E-state index in [-0.39, 0.29) is 0 Å². The van der Waals surface area contributed by atoms with Crippen LogP contribution >= 0.6 is 11.6 Å². The molecule has 0 aromatic rings. The van der Waals surface area contributed by atoms with Crippen molar-refractivity contribution < 1.29 is 0 Å². The first-order valence-corrected chi connectivity index (χ1v) is 13.4. The van der Waals surface area contributed by atoms with E-state index in [1.54, 1.807) is 5.57 Å². The molecule has 3 saturated carbocycles. The summed E-state index contributed by atoms with van der Waals surface area (Å²) in [6.07, 6.45) is 16.6. The van der Waals surface area contributed by atoms with Crippen LogP contribution in [-0.2, 0) is 0 Å². The average Bonchev–Trinajstić information content (AvgIpc) is 3.03. The number of halogens is 1. The first-order valence-electron chi connectivity index (χ1n) is 13.0. The molecule has 166 valence electrons. The van der Waals surface area contributed by atoms with E-state index in [2.05, 4.69) is 47.6 Å². The summed E-state index contributed by atoms with van der Waals surface area (Å²) in [6, 6.07) is 0. The Balaban J connectivity index is 1.49. The van der Waals surface area contributed by atoms with Gasteiger partial charge in [0, 0.05) is 5.38 Å². The van der Waals surface area contributed by atoms with Crippen molar-refractivity contribution in [2.24, 2.45) is 52.3 Å². The second-order valence-corrected chi connectivity index (χ2v) is 13.2. The summed E-state index contributed by atoms with van der Waals surface area (Å²) in [5.41, 5.74) is 2.80. The molecular weight excluding hydrogens is 372 g/mol. The molecule has 9 atom stereocenters. The standard InChI is InChI=1S/C28H47Cl/c1-18(2)19(3)7-8-20(4)24-11-12-25-23-10-9-21-17-22(29)13-15-27(21,5)26(23)14-16-28(24,25)6/h9,18-20,22-26H,7-8,10-17H2,1-6H3/t19?,20-,22?,23+,24-,25+,26+,27+,28-/m1/s1. The highest BCUT2D eigenvalue weighted by atomic mass is 35.5. The van der Waals surface area contributed by atoms with Gasteiger partial charge in [0.15, 0.2) is 0 Å². The quantitative estimate of drug-likeness (QED) is 0.308. The topological polar surface area (TPSA) is 0 Å². The zero-order chi connectivity index (χ0) is 21.0. The highest BCUT2D eigenvalue weighted by Gasteiger charge is 2.59. The summed E-state index contributed by atoms with van der Waals surface area (Å²) in [4.78, 5) is 0. The minimum Gasteiger partial charge on any atom is -0.123 e. The molecule has 0 aromatic carbocycles. The first kappa shape index (κ1) is 22.2. The van der Waals surface area contributed by atoms with Crippen LogP contribution in [0.2, 0.25) is 0 Å². The van der Waals surface area contributed by atoms with Gasteiger partial charge in [0.1, 0.15) is 0 Å². The fourth-order valence-electron chi connectivity index (χ4n) is 8.65. The molecule has 0 spiro atoms. The molecule has 0 N–H and O–H groups in total. The van der Waals surface area contributed by atoms with E-state index in [0.29, 0.717) is 16.2 Å². The average molecular weight is 419 g/mol. The molecule has 0 aliphatic heterocycles. The van der Waals surface area contributed by atoms with Gasteiger partial charge in [-0.25, -0.2) is 0 Å². The second kappa shape index (κ2) is 8.18. The lowest BCUT2D eigenvalue weighted by Crippen LogP contribution is -2.50. The predicted octanol–water partition coefficient (Wildman–Crippen LogP) is 8.88. The summed E-state index contributed by atoms with van der Waals surface area (Å²) in [5.74, 6) is 6.42. The maximum Gasteiger partial charge on any atom is 0.0373 e. The predicted molar refractivity (Wildman–Crippen MR) is 127 cm³/mol. The van der Waals surface area contributed by atoms with E-state index in [1.807, 2.05) is 0 Å². The maximum absolute atomic E-state index is 6.57. The van der Waals surface area contributed by atoms with Gasteiger partial charge in [-0.15, -0.1) is 11.6 Å². The lowest BCUT2D eigenvalue weighted by atomic mass is 9.47. The monoisotopic (exact) mass is 418 g/mol. The van der Waals surface area contributed by atoms with Gasteiger partial charge in [-0.3, -0.25) is 0 Å². The molecule has 0 heterocycles. The van der Waals surface area contributed by atoms with Gasteiger partial charge in [-0.05, 0) is 104 Å². The number of hydrogen-bond donors (Lipinski definition) is 0. The van der Waals surface area contributed by atoms with Gasteiger partial charge in [0.2, 0.25) is 0 Å². The third-order valence-electron chi connectivity index (χ3n) is 11.0. The van der Waals surface area contributed by atoms with Crippen LogP contribution in [0.4, 0.5) is 0 Å². The number of hydrogen-bond acceptors (Lipinski definition) is 0. The zero-order valence-corrected chi connectivity index (χ0v) is 20.9. The molecule has 0 saturated heterocycles. The van der Waals surface area contributed by atoms with Gasteiger partial charge >= 0.3 is 0 Å². The van der Waals surface area contributed by atoms with Gasteiger partial charge < -0.3 is 0 Å². The summed E-state index contributed by atoms with van der Waals surface area (Å²) in [6.45, 7) is 15.2. The van der Waals surface area contributed by atoms with Crippen LogP contribution in [0, 0.1) is 52.3 Å². The van der Waals surface area contributed by atoms with Crippen molar-refractivity contribution in [3.63, 3.8) is 0 Å². The number of rotatable bonds is 5. The minimum absolute atomic E-state index is 0.393. The second-order valence-electron chi connectivity index (χ2n) is 12.6. The molecule has 1 heteroatoms. The Bertz CT molecular complexity index is 620. The van der Waals surface area contributed by atoms with E-state index in [4.69, 9.17) is 11.6 Å². The molecule has 0 nitrogen and oxygen atoms in total. The van der Waals surface area contributed by atoms with Gasteiger partial charge in [-0.1, -0.05) is 66.0 Å². The molecule has 4 aliphatic rings. The minimum atomic E-state index is 0.393. The highest BCUT2D eigenvalue weighted by molar-refractivity contribution is 6.20. The lowest BCUT2D eigenvalue weighted by Gasteiger charge is -2.58. The molecule has 29 heavy (non-hydrogen) atoms. The molecule has 0 radical (unpaired) electrons. The van der Waals surface area contributed by atoms with Crippen molar-refractivity contribution in [1.29, 1.82) is 0 Å². The van der Waals surface area contributed by atoms with Crippen LogP contribution < -0.4 is 0 Å². The fourth-order valence-corrected chi connectivity index (χ4v) is 8.93. The smallest absolute Gasteiger partial charge is 0.0373 e. The van der Waals surface area contributed by atoms with Crippen molar-refractivity contribution in [3.05, 3.63) is 11.6 Å². The van der Waals surface area contributed by atoms with E-state index < -0.39 is 0 Å². The molecular formula is C28H47Cl. The van der Waals surface area contributed by atoms with Crippen LogP contribution in [0.1, 0.15) is 106 Å². The van der Waals surface area contributed by atoms with Crippen molar-refractivity contribution >= 4 is 11.6 Å². The number of allylic oxidation sites excluding steroid dienone is 2. The molecule has 4 aliphatic carbocycles. The van der Waals surface area contributed by atoms with Crippen molar-refractivity contribution in [3.8, 4) is 0 Å². The van der Waals surface area contributed by atoms with E-state index in [9.17, 15) is 0 Å². The maximum atomic E-state index is 6.57. The molecule has 3 fully saturated rings. The third kappa shape index (κ3) is 3.76. The Labute approximate surface area is 186 Å². The van der Waals surface area contributed by atoms with Crippen molar-refractivity contribution in [2.75, 3.05) is 0 Å². The highest BCUT2D eigenvalue weighted by Crippen LogP contribution is 2.67. The molecule has 2 unspecified atom stereocenters. The van der Waals surface area contributed by atoms with E-state index in [0.717, 1.165) is 47.8 Å². The van der Waals surface area contributed by atoms with Gasteiger partial charge in [0.05, 0.1) is 0 Å². The number of fused-ring (bicyclic) bond motifs is 5. The molecule has 4 rings (SSSR count). The van der Waals surface area contributed by atoms with Gasteiger partial charge in [0.25, 0.3) is 0 Å². The first-order chi connectivity index (χ1) is 13.7. The molecule has 0 aromatic heterocycles. The zero-order valence-electron chi connectivity index (χ0n) is 20.1. The van der Waals surface area contributed by atoms with Crippen LogP contribution in [0.25, 0.3) is 0 Å². The summed E-state index contributed by atoms with van der Waals surface area (Å²) in [5, 5.41) is 0.393. The largest absolute Gasteiger partial charge is 0.123 e. The Hall–Kier alpha value is 0.0300. The van der Waals surface area contributed by atoms with Crippen molar-refractivity contribution in [2.45, 2.75) is 111 Å². The summed E-state index contributed by atoms with van der Waals surface area (Å²) in [7, 11) is 0. The summed E-state index contributed by atoms with van der Waals surface area (Å²) >= 11 is 6.57. The SMILES string of the molecule is CC(C)C(C)CC[C@@H](C)[C@H]1CC[C@H]2[C@@H]3CC=C4CC(Cl)CC[C@]4(C)[C@H]3CC[C@]12C. The van der Waals surface area contributed by atoms with E-state index in [1.165, 1.54) is 57.8 Å². The summed E-state index contributed by atoms with van der Waals surface area (Å²) < 4.78 is 0. The van der Waals surface area contributed by atoms with Crippen LogP contribution in [0.15, 0.2) is 11.6 Å². The van der Waals surface area contributed by atoms with Crippen LogP contribution in [0.5, 0.6) is 0 Å². The Morgan fingerprint density at radius 1 is 0.966 bits per heavy atom. The Morgan fingerprint density at radius 2 is 1.72 bits per heavy atom. The lowest BCUT2D eigenvalue weighted by molar-refractivity contribution is -0.0500. The van der Waals surface area contributed by atoms with Gasteiger partial charge in [-0.2, -0.15) is 0 Å². The van der Waals surface area contributed by atoms with Crippen LogP contribution in [0.3, 0.4) is 0 Å². The molecule has 0 amide bonds. The van der Waals surface area contributed by atoms with Crippen molar-refractivity contribution in [1.82, 2.24) is 0 Å². The van der Waals surface area contributed by atoms with E-state index >= 15 is 0 Å². The molecule has 0 bridgehead atoms.